The second kappa shape index (κ2) is 5.80. The molecule has 9 nitrogen and oxygen atoms in total. The van der Waals surface area contributed by atoms with Gasteiger partial charge in [-0.25, -0.2) is 0 Å². The maximum absolute atomic E-state index is 11.9. The van der Waals surface area contributed by atoms with Crippen LogP contribution in [0.25, 0.3) is 10.9 Å². The molecule has 9 heteroatoms. The number of H-pyrrole nitrogens is 1. The Hall–Kier alpha value is -3.75. The van der Waals surface area contributed by atoms with Crippen molar-refractivity contribution in [3.63, 3.8) is 0 Å². The quantitative estimate of drug-likeness (QED) is 0.384. The monoisotopic (exact) mass is 326 g/mol. The van der Waals surface area contributed by atoms with Gasteiger partial charge in [0.15, 0.2) is 5.69 Å². The predicted molar refractivity (Wildman–Crippen MR) is 83.6 cm³/mol. The number of nitro benzene ring substituents is 1. The smallest absolute Gasteiger partial charge is 0.295 e. The van der Waals surface area contributed by atoms with Crippen LogP contribution in [-0.4, -0.2) is 26.0 Å². The zero-order valence-electron chi connectivity index (χ0n) is 12.0. The number of nitrogens with one attached hydrogen (secondary N) is 1. The Morgan fingerprint density at radius 1 is 1.17 bits per heavy atom. The lowest BCUT2D eigenvalue weighted by Gasteiger charge is -1.96. The van der Waals surface area contributed by atoms with Crippen LogP contribution < -0.4 is 0 Å². The van der Waals surface area contributed by atoms with Crippen molar-refractivity contribution in [2.75, 3.05) is 0 Å². The Balaban J connectivity index is 1.99. The number of amides is 1. The summed E-state index contributed by atoms with van der Waals surface area (Å²) in [6, 6.07) is 9.46. The molecule has 0 fully saturated rings. The van der Waals surface area contributed by atoms with Gasteiger partial charge in [0, 0.05) is 23.1 Å². The molecule has 0 aliphatic carbocycles. The number of non-ortho nitro benzene ring substituents is 1. The third-order valence-electron chi connectivity index (χ3n) is 3.28. The molecule has 0 atom stereocenters. The van der Waals surface area contributed by atoms with Gasteiger partial charge in [-0.3, -0.25) is 14.9 Å². The van der Waals surface area contributed by atoms with Crippen molar-refractivity contribution in [3.05, 3.63) is 58.1 Å². The van der Waals surface area contributed by atoms with Gasteiger partial charge >= 0.3 is 0 Å². The Labute approximate surface area is 134 Å². The molecule has 2 aromatic carbocycles. The molecule has 0 radical (unpaired) electrons. The van der Waals surface area contributed by atoms with Crippen LogP contribution in [-0.2, 0) is 0 Å². The highest BCUT2D eigenvalue weighted by atomic mass is 16.6. The summed E-state index contributed by atoms with van der Waals surface area (Å²) < 4.78 is 0. The van der Waals surface area contributed by atoms with E-state index in [0.29, 0.717) is 5.52 Å². The van der Waals surface area contributed by atoms with Crippen molar-refractivity contribution in [2.24, 2.45) is 10.2 Å². The first-order chi connectivity index (χ1) is 11.5. The molecule has 24 heavy (non-hydrogen) atoms. The summed E-state index contributed by atoms with van der Waals surface area (Å²) in [6.07, 6.45) is 0. The van der Waals surface area contributed by atoms with E-state index >= 15 is 0 Å². The minimum atomic E-state index is -0.731. The molecule has 0 spiro atoms. The molecule has 3 rings (SSSR count). The van der Waals surface area contributed by atoms with Crippen LogP contribution in [0, 0.1) is 10.1 Å². The van der Waals surface area contributed by atoms with Crippen LogP contribution in [0.4, 0.5) is 11.4 Å². The van der Waals surface area contributed by atoms with E-state index in [0.717, 1.165) is 0 Å². The maximum atomic E-state index is 11.9. The third kappa shape index (κ3) is 2.77. The zero-order valence-corrected chi connectivity index (χ0v) is 12.0. The fourth-order valence-electron chi connectivity index (χ4n) is 2.16. The van der Waals surface area contributed by atoms with Crippen molar-refractivity contribution in [1.82, 2.24) is 4.98 Å². The molecule has 0 saturated carbocycles. The molecule has 120 valence electrons. The minimum absolute atomic E-state index is 0.0813. The number of nitrogens with zero attached hydrogens (tertiary/aromatic N) is 3. The number of aromatic nitrogens is 1. The fraction of sp³-hybridized carbons (Fsp3) is 0. The second-order valence-electron chi connectivity index (χ2n) is 4.86. The number of hydrogen-bond donors (Lipinski definition) is 3. The number of benzene rings is 2. The molecule has 0 aliphatic heterocycles. The van der Waals surface area contributed by atoms with E-state index in [4.69, 9.17) is 0 Å². The van der Waals surface area contributed by atoms with Gasteiger partial charge in [-0.2, -0.15) is 0 Å². The van der Waals surface area contributed by atoms with Crippen molar-refractivity contribution in [2.45, 2.75) is 0 Å². The highest BCUT2D eigenvalue weighted by Crippen LogP contribution is 2.37. The van der Waals surface area contributed by atoms with Gasteiger partial charge in [0.05, 0.1) is 10.4 Å². The number of fused-ring (bicyclic) bond motifs is 1. The fourth-order valence-corrected chi connectivity index (χ4v) is 2.16. The molecule has 0 aliphatic rings. The largest absolute Gasteiger partial charge is 0.508 e. The number of phenols is 1. The molecule has 0 unspecified atom stereocenters. The zero-order chi connectivity index (χ0) is 17.3. The van der Waals surface area contributed by atoms with Crippen LogP contribution in [0.5, 0.6) is 11.6 Å². The third-order valence-corrected chi connectivity index (χ3v) is 3.28. The minimum Gasteiger partial charge on any atom is -0.508 e. The molecule has 0 saturated heterocycles. The number of phenolic OH excluding ortho intramolecular Hbond substituents is 1. The van der Waals surface area contributed by atoms with Gasteiger partial charge in [-0.15, -0.1) is 10.2 Å². The van der Waals surface area contributed by atoms with Crippen LogP contribution in [0.3, 0.4) is 0 Å². The van der Waals surface area contributed by atoms with Gasteiger partial charge in [0.2, 0.25) is 5.88 Å². The Kier molecular flexibility index (Phi) is 3.66. The van der Waals surface area contributed by atoms with Gasteiger partial charge in [0.25, 0.3) is 11.6 Å². The number of aromatic hydroxyl groups is 2. The summed E-state index contributed by atoms with van der Waals surface area (Å²) in [5, 5.41) is 37.5. The molecule has 3 aromatic rings. The molecule has 1 heterocycles. The van der Waals surface area contributed by atoms with Crippen molar-refractivity contribution in [3.8, 4) is 11.6 Å². The summed E-state index contributed by atoms with van der Waals surface area (Å²) in [5.74, 6) is -1.19. The lowest BCUT2D eigenvalue weighted by Crippen LogP contribution is -1.92. The summed E-state index contributed by atoms with van der Waals surface area (Å²) in [7, 11) is 0. The Morgan fingerprint density at radius 3 is 2.67 bits per heavy atom. The summed E-state index contributed by atoms with van der Waals surface area (Å²) in [6.45, 7) is 0. The molecule has 0 bridgehead atoms. The lowest BCUT2D eigenvalue weighted by atomic mass is 10.2. The lowest BCUT2D eigenvalue weighted by molar-refractivity contribution is -0.384. The number of hydrogen-bond acceptors (Lipinski definition) is 6. The number of azo groups is 1. The molecule has 3 N–H and O–H groups in total. The highest BCUT2D eigenvalue weighted by Gasteiger charge is 2.15. The number of carbonyl (C=O) groups is 1. The van der Waals surface area contributed by atoms with Crippen molar-refractivity contribution in [1.29, 1.82) is 0 Å². The van der Waals surface area contributed by atoms with E-state index < -0.39 is 10.8 Å². The first-order valence-corrected chi connectivity index (χ1v) is 6.70. The van der Waals surface area contributed by atoms with Crippen LogP contribution in [0.2, 0.25) is 0 Å². The Bertz CT molecular complexity index is 993. The van der Waals surface area contributed by atoms with Crippen molar-refractivity contribution < 1.29 is 19.9 Å². The van der Waals surface area contributed by atoms with E-state index in [2.05, 4.69) is 15.2 Å². The number of rotatable bonds is 3. The second-order valence-corrected chi connectivity index (χ2v) is 4.86. The highest BCUT2D eigenvalue weighted by molar-refractivity contribution is 5.97. The molecule has 1 amide bonds. The first-order valence-electron chi connectivity index (χ1n) is 6.70. The molecular formula is C15H10N4O5. The van der Waals surface area contributed by atoms with Crippen LogP contribution in [0.1, 0.15) is 10.4 Å². The summed E-state index contributed by atoms with van der Waals surface area (Å²) >= 11 is 0. The first kappa shape index (κ1) is 15.2. The molecule has 1 aromatic heterocycles. The van der Waals surface area contributed by atoms with Gasteiger partial charge in [-0.05, 0) is 24.3 Å². The molecular weight excluding hydrogens is 316 g/mol. The van der Waals surface area contributed by atoms with Gasteiger partial charge in [-0.1, -0.05) is 6.07 Å². The summed E-state index contributed by atoms with van der Waals surface area (Å²) in [5.41, 5.74) is 0.264. The topological polar surface area (TPSA) is 141 Å². The normalized spacial score (nSPS) is 11.2. The SMILES string of the molecule is O=C(N=Nc1c(O)[nH]c2ccc([N+](=O)[O-])cc12)c1cccc(O)c1. The van der Waals surface area contributed by atoms with E-state index in [1.807, 2.05) is 0 Å². The van der Waals surface area contributed by atoms with Crippen LogP contribution >= 0.6 is 0 Å². The van der Waals surface area contributed by atoms with E-state index in [-0.39, 0.29) is 34.0 Å². The number of aromatic amines is 1. The average Bonchev–Trinajstić information content (AvgIpc) is 2.87. The standard InChI is InChI=1S/C15H10N4O5/c20-10-3-1-2-8(6-10)14(21)18-17-13-11-7-9(19(23)24)4-5-12(11)16-15(13)22/h1-7,16,20,22H. The number of carbonyl (C=O) groups excluding carboxylic acids is 1. The average molecular weight is 326 g/mol. The van der Waals surface area contributed by atoms with E-state index in [1.165, 1.54) is 42.5 Å². The van der Waals surface area contributed by atoms with E-state index in [9.17, 15) is 25.1 Å². The summed E-state index contributed by atoms with van der Waals surface area (Å²) in [4.78, 5) is 24.8. The van der Waals surface area contributed by atoms with Gasteiger partial charge < -0.3 is 15.2 Å². The Morgan fingerprint density at radius 2 is 1.96 bits per heavy atom. The maximum Gasteiger partial charge on any atom is 0.295 e. The van der Waals surface area contributed by atoms with Gasteiger partial charge in [0.1, 0.15) is 5.75 Å². The predicted octanol–water partition coefficient (Wildman–Crippen LogP) is 3.41. The number of nitro groups is 1. The van der Waals surface area contributed by atoms with E-state index in [1.54, 1.807) is 0 Å². The van der Waals surface area contributed by atoms with Crippen molar-refractivity contribution >= 4 is 28.2 Å². The van der Waals surface area contributed by atoms with Crippen LogP contribution in [0.15, 0.2) is 52.7 Å².